The SMILES string of the molecule is CCCCOCCOC(=O)/C=C/c1ccc(OC)c(OC)c1. The minimum atomic E-state index is -0.395. The third kappa shape index (κ3) is 6.63. The lowest BCUT2D eigenvalue weighted by Gasteiger charge is -2.07. The Morgan fingerprint density at radius 2 is 1.86 bits per heavy atom. The molecular formula is C17H24O5. The van der Waals surface area contributed by atoms with Gasteiger partial charge in [-0.15, -0.1) is 0 Å². The molecule has 0 heterocycles. The predicted molar refractivity (Wildman–Crippen MR) is 85.3 cm³/mol. The van der Waals surface area contributed by atoms with Crippen LogP contribution in [-0.4, -0.2) is 40.0 Å². The highest BCUT2D eigenvalue weighted by atomic mass is 16.6. The van der Waals surface area contributed by atoms with Gasteiger partial charge in [0, 0.05) is 12.7 Å². The Morgan fingerprint density at radius 3 is 2.55 bits per heavy atom. The monoisotopic (exact) mass is 308 g/mol. The molecule has 0 fully saturated rings. The molecule has 22 heavy (non-hydrogen) atoms. The standard InChI is InChI=1S/C17H24O5/c1-4-5-10-21-11-12-22-17(18)9-7-14-6-8-15(19-2)16(13-14)20-3/h6-9,13H,4-5,10-12H2,1-3H3/b9-7+. The van der Waals surface area contributed by atoms with Gasteiger partial charge >= 0.3 is 5.97 Å². The summed E-state index contributed by atoms with van der Waals surface area (Å²) in [7, 11) is 3.14. The van der Waals surface area contributed by atoms with E-state index in [1.165, 1.54) is 6.08 Å². The Bertz CT molecular complexity index is 482. The van der Waals surface area contributed by atoms with Crippen LogP contribution in [0.3, 0.4) is 0 Å². The zero-order valence-corrected chi connectivity index (χ0v) is 13.5. The average Bonchev–Trinajstić information content (AvgIpc) is 2.55. The van der Waals surface area contributed by atoms with E-state index >= 15 is 0 Å². The average molecular weight is 308 g/mol. The number of hydrogen-bond donors (Lipinski definition) is 0. The highest BCUT2D eigenvalue weighted by Crippen LogP contribution is 2.27. The highest BCUT2D eigenvalue weighted by Gasteiger charge is 2.03. The first-order valence-corrected chi connectivity index (χ1v) is 7.35. The van der Waals surface area contributed by atoms with E-state index in [2.05, 4.69) is 6.92 Å². The van der Waals surface area contributed by atoms with Crippen LogP contribution in [0.4, 0.5) is 0 Å². The summed E-state index contributed by atoms with van der Waals surface area (Å²) in [6.07, 6.45) is 5.16. The van der Waals surface area contributed by atoms with Crippen molar-refractivity contribution in [2.75, 3.05) is 34.0 Å². The van der Waals surface area contributed by atoms with Crippen molar-refractivity contribution >= 4 is 12.0 Å². The fourth-order valence-corrected chi connectivity index (χ4v) is 1.72. The fraction of sp³-hybridized carbons (Fsp3) is 0.471. The molecule has 0 amide bonds. The number of carbonyl (C=O) groups is 1. The summed E-state index contributed by atoms with van der Waals surface area (Å²) in [6, 6.07) is 5.40. The van der Waals surface area contributed by atoms with E-state index < -0.39 is 5.97 Å². The van der Waals surface area contributed by atoms with Crippen molar-refractivity contribution in [3.63, 3.8) is 0 Å². The van der Waals surface area contributed by atoms with E-state index in [1.54, 1.807) is 32.4 Å². The zero-order chi connectivity index (χ0) is 16.2. The van der Waals surface area contributed by atoms with Gasteiger partial charge in [-0.3, -0.25) is 0 Å². The lowest BCUT2D eigenvalue weighted by molar-refractivity contribution is -0.139. The number of unbranched alkanes of at least 4 members (excludes halogenated alkanes) is 1. The first kappa shape index (κ1) is 18.0. The zero-order valence-electron chi connectivity index (χ0n) is 13.5. The molecule has 0 N–H and O–H groups in total. The molecule has 0 atom stereocenters. The quantitative estimate of drug-likeness (QED) is 0.378. The maximum Gasteiger partial charge on any atom is 0.330 e. The van der Waals surface area contributed by atoms with Gasteiger partial charge in [-0.1, -0.05) is 19.4 Å². The highest BCUT2D eigenvalue weighted by molar-refractivity contribution is 5.87. The van der Waals surface area contributed by atoms with Gasteiger partial charge < -0.3 is 18.9 Å². The van der Waals surface area contributed by atoms with E-state index in [0.29, 0.717) is 24.7 Å². The van der Waals surface area contributed by atoms with Gasteiger partial charge in [-0.05, 0) is 30.2 Å². The Morgan fingerprint density at radius 1 is 1.09 bits per heavy atom. The van der Waals surface area contributed by atoms with Crippen LogP contribution in [0.5, 0.6) is 11.5 Å². The molecule has 5 heteroatoms. The van der Waals surface area contributed by atoms with E-state index in [-0.39, 0.29) is 6.61 Å². The molecule has 0 unspecified atom stereocenters. The summed E-state index contributed by atoms with van der Waals surface area (Å²) in [5.74, 6) is 0.864. The summed E-state index contributed by atoms with van der Waals surface area (Å²) in [6.45, 7) is 3.49. The minimum absolute atomic E-state index is 0.263. The third-order valence-corrected chi connectivity index (χ3v) is 2.93. The number of benzene rings is 1. The molecule has 1 aromatic rings. The Labute approximate surface area is 131 Å². The van der Waals surface area contributed by atoms with Crippen LogP contribution in [0.1, 0.15) is 25.3 Å². The maximum absolute atomic E-state index is 11.6. The van der Waals surface area contributed by atoms with Gasteiger partial charge in [0.2, 0.25) is 0 Å². The Kier molecular flexibility index (Phi) is 8.76. The van der Waals surface area contributed by atoms with Crippen LogP contribution in [0.15, 0.2) is 24.3 Å². The Hall–Kier alpha value is -2.01. The Balaban J connectivity index is 2.39. The van der Waals surface area contributed by atoms with E-state index in [1.807, 2.05) is 6.07 Å². The van der Waals surface area contributed by atoms with Crippen LogP contribution < -0.4 is 9.47 Å². The van der Waals surface area contributed by atoms with E-state index in [9.17, 15) is 4.79 Å². The summed E-state index contributed by atoms with van der Waals surface area (Å²) in [5.41, 5.74) is 0.828. The topological polar surface area (TPSA) is 54.0 Å². The lowest BCUT2D eigenvalue weighted by atomic mass is 10.2. The second-order valence-corrected chi connectivity index (χ2v) is 4.58. The van der Waals surface area contributed by atoms with E-state index in [0.717, 1.165) is 18.4 Å². The summed E-state index contributed by atoms with van der Waals surface area (Å²) >= 11 is 0. The fourth-order valence-electron chi connectivity index (χ4n) is 1.72. The molecule has 0 aromatic heterocycles. The van der Waals surface area contributed by atoms with Crippen LogP contribution in [-0.2, 0) is 14.3 Å². The van der Waals surface area contributed by atoms with Crippen molar-refractivity contribution in [3.05, 3.63) is 29.8 Å². The van der Waals surface area contributed by atoms with Gasteiger partial charge in [0.1, 0.15) is 6.61 Å². The molecule has 1 aromatic carbocycles. The second kappa shape index (κ2) is 10.7. The van der Waals surface area contributed by atoms with Crippen LogP contribution in [0.2, 0.25) is 0 Å². The third-order valence-electron chi connectivity index (χ3n) is 2.93. The van der Waals surface area contributed by atoms with Crippen LogP contribution in [0.25, 0.3) is 6.08 Å². The molecule has 1 rings (SSSR count). The molecule has 0 aliphatic rings. The van der Waals surface area contributed by atoms with Gasteiger partial charge in [-0.2, -0.15) is 0 Å². The van der Waals surface area contributed by atoms with Crippen molar-refractivity contribution in [1.29, 1.82) is 0 Å². The van der Waals surface area contributed by atoms with Gasteiger partial charge in [0.25, 0.3) is 0 Å². The number of rotatable bonds is 10. The largest absolute Gasteiger partial charge is 0.493 e. The molecule has 0 saturated carbocycles. The molecule has 0 saturated heterocycles. The summed E-state index contributed by atoms with van der Waals surface area (Å²) in [4.78, 5) is 11.6. The molecule has 0 aliphatic carbocycles. The molecule has 0 bridgehead atoms. The number of carbonyl (C=O) groups excluding carboxylic acids is 1. The molecular weight excluding hydrogens is 284 g/mol. The second-order valence-electron chi connectivity index (χ2n) is 4.58. The van der Waals surface area contributed by atoms with Crippen molar-refractivity contribution in [2.24, 2.45) is 0 Å². The molecule has 122 valence electrons. The number of esters is 1. The molecule has 0 aliphatic heterocycles. The minimum Gasteiger partial charge on any atom is -0.493 e. The number of methoxy groups -OCH3 is 2. The number of ether oxygens (including phenoxy) is 4. The van der Waals surface area contributed by atoms with Gasteiger partial charge in [-0.25, -0.2) is 4.79 Å². The van der Waals surface area contributed by atoms with Gasteiger partial charge in [0.05, 0.1) is 20.8 Å². The van der Waals surface area contributed by atoms with Crippen molar-refractivity contribution in [3.8, 4) is 11.5 Å². The molecule has 5 nitrogen and oxygen atoms in total. The lowest BCUT2D eigenvalue weighted by Crippen LogP contribution is -2.09. The first-order valence-electron chi connectivity index (χ1n) is 7.35. The van der Waals surface area contributed by atoms with E-state index in [4.69, 9.17) is 18.9 Å². The number of hydrogen-bond acceptors (Lipinski definition) is 5. The smallest absolute Gasteiger partial charge is 0.330 e. The predicted octanol–water partition coefficient (Wildman–Crippen LogP) is 3.08. The first-order chi connectivity index (χ1) is 10.7. The van der Waals surface area contributed by atoms with Crippen LogP contribution >= 0.6 is 0 Å². The van der Waals surface area contributed by atoms with Gasteiger partial charge in [0.15, 0.2) is 11.5 Å². The van der Waals surface area contributed by atoms with Crippen molar-refractivity contribution < 1.29 is 23.7 Å². The summed E-state index contributed by atoms with van der Waals surface area (Å²) < 4.78 is 20.7. The maximum atomic E-state index is 11.6. The summed E-state index contributed by atoms with van der Waals surface area (Å²) in [5, 5.41) is 0. The van der Waals surface area contributed by atoms with Crippen LogP contribution in [0, 0.1) is 0 Å². The molecule has 0 spiro atoms. The normalized spacial score (nSPS) is 10.7. The van der Waals surface area contributed by atoms with Crippen molar-refractivity contribution in [1.82, 2.24) is 0 Å². The van der Waals surface area contributed by atoms with Crippen molar-refractivity contribution in [2.45, 2.75) is 19.8 Å². The molecule has 0 radical (unpaired) electrons.